The van der Waals surface area contributed by atoms with Crippen molar-refractivity contribution < 1.29 is 17.9 Å². The van der Waals surface area contributed by atoms with Crippen molar-refractivity contribution in [1.29, 1.82) is 0 Å². The summed E-state index contributed by atoms with van der Waals surface area (Å²) in [6.45, 7) is 0.476. The molecule has 0 unspecified atom stereocenters. The smallest absolute Gasteiger partial charge is 0.422 e. The second kappa shape index (κ2) is 4.33. The van der Waals surface area contributed by atoms with Crippen LogP contribution in [0.2, 0.25) is 0 Å². The summed E-state index contributed by atoms with van der Waals surface area (Å²) in [4.78, 5) is 3.71. The molecule has 0 aliphatic carbocycles. The predicted octanol–water partition coefficient (Wildman–Crippen LogP) is 2.94. The summed E-state index contributed by atoms with van der Waals surface area (Å²) in [5.41, 5.74) is 0.845. The molecule has 0 radical (unpaired) electrons. The standard InChI is InChI=1S/C8H7F3INO/c1-5-2-7(13-3-6(5)12)14-4-8(9,10)11/h2-3H,4H2,1H3. The highest BCUT2D eigenvalue weighted by Crippen LogP contribution is 2.19. The first kappa shape index (κ1) is 11.5. The molecule has 0 saturated carbocycles. The molecule has 0 aliphatic heterocycles. The van der Waals surface area contributed by atoms with E-state index in [1.807, 2.05) is 22.6 Å². The lowest BCUT2D eigenvalue weighted by Crippen LogP contribution is -2.19. The number of nitrogens with zero attached hydrogens (tertiary/aromatic N) is 1. The van der Waals surface area contributed by atoms with Crippen LogP contribution >= 0.6 is 22.6 Å². The molecule has 14 heavy (non-hydrogen) atoms. The monoisotopic (exact) mass is 317 g/mol. The maximum atomic E-state index is 11.8. The summed E-state index contributed by atoms with van der Waals surface area (Å²) in [6.07, 6.45) is -2.85. The molecule has 78 valence electrons. The van der Waals surface area contributed by atoms with Crippen molar-refractivity contribution in [3.8, 4) is 5.88 Å². The molecule has 2 nitrogen and oxygen atoms in total. The molecule has 0 aliphatic rings. The van der Waals surface area contributed by atoms with E-state index in [2.05, 4.69) is 9.72 Å². The van der Waals surface area contributed by atoms with Crippen LogP contribution in [-0.4, -0.2) is 17.8 Å². The van der Waals surface area contributed by atoms with Gasteiger partial charge in [0.1, 0.15) is 0 Å². The van der Waals surface area contributed by atoms with Crippen molar-refractivity contribution in [1.82, 2.24) is 4.98 Å². The van der Waals surface area contributed by atoms with E-state index in [1.54, 1.807) is 6.92 Å². The molecule has 0 saturated heterocycles. The van der Waals surface area contributed by atoms with E-state index < -0.39 is 12.8 Å². The van der Waals surface area contributed by atoms with Crippen LogP contribution in [0.5, 0.6) is 5.88 Å². The van der Waals surface area contributed by atoms with Gasteiger partial charge in [0.05, 0.1) is 0 Å². The minimum absolute atomic E-state index is 0.000223. The summed E-state index contributed by atoms with van der Waals surface area (Å²) in [5.74, 6) is 0.000223. The molecule has 1 aromatic rings. The van der Waals surface area contributed by atoms with Crippen LogP contribution in [0.4, 0.5) is 13.2 Å². The molecule has 0 fully saturated rings. The van der Waals surface area contributed by atoms with Gasteiger partial charge in [-0.25, -0.2) is 4.98 Å². The van der Waals surface area contributed by atoms with Gasteiger partial charge in [0.25, 0.3) is 0 Å². The number of ether oxygens (including phenoxy) is 1. The number of alkyl halides is 3. The summed E-state index contributed by atoms with van der Waals surface area (Å²) in [6, 6.07) is 1.48. The molecule has 0 N–H and O–H groups in total. The van der Waals surface area contributed by atoms with Crippen LogP contribution in [0.3, 0.4) is 0 Å². The number of pyridine rings is 1. The second-order valence-corrected chi connectivity index (χ2v) is 3.84. The Morgan fingerprint density at radius 1 is 1.50 bits per heavy atom. The maximum Gasteiger partial charge on any atom is 0.422 e. The highest BCUT2D eigenvalue weighted by atomic mass is 127. The number of hydrogen-bond donors (Lipinski definition) is 0. The van der Waals surface area contributed by atoms with E-state index in [1.165, 1.54) is 12.3 Å². The fraction of sp³-hybridized carbons (Fsp3) is 0.375. The SMILES string of the molecule is Cc1cc(OCC(F)(F)F)ncc1I. The Morgan fingerprint density at radius 3 is 2.64 bits per heavy atom. The highest BCUT2D eigenvalue weighted by molar-refractivity contribution is 14.1. The topological polar surface area (TPSA) is 22.1 Å². The van der Waals surface area contributed by atoms with Crippen LogP contribution in [0.25, 0.3) is 0 Å². The van der Waals surface area contributed by atoms with E-state index in [0.717, 1.165) is 9.13 Å². The average Bonchev–Trinajstić information content (AvgIpc) is 2.06. The predicted molar refractivity (Wildman–Crippen MR) is 53.2 cm³/mol. The van der Waals surface area contributed by atoms with Crippen LogP contribution in [0.15, 0.2) is 12.3 Å². The Morgan fingerprint density at radius 2 is 2.14 bits per heavy atom. The third-order valence-electron chi connectivity index (χ3n) is 1.41. The van der Waals surface area contributed by atoms with Gasteiger partial charge in [-0.1, -0.05) is 0 Å². The average molecular weight is 317 g/mol. The lowest BCUT2D eigenvalue weighted by Gasteiger charge is -2.08. The summed E-state index contributed by atoms with van der Waals surface area (Å²) in [7, 11) is 0. The summed E-state index contributed by atoms with van der Waals surface area (Å²) >= 11 is 2.05. The second-order valence-electron chi connectivity index (χ2n) is 2.68. The van der Waals surface area contributed by atoms with Gasteiger partial charge in [0.15, 0.2) is 6.61 Å². The Hall–Kier alpha value is -0.530. The van der Waals surface area contributed by atoms with E-state index in [0.29, 0.717) is 0 Å². The molecule has 0 atom stereocenters. The highest BCUT2D eigenvalue weighted by Gasteiger charge is 2.28. The van der Waals surface area contributed by atoms with E-state index in [4.69, 9.17) is 0 Å². The molecule has 0 aromatic carbocycles. The lowest BCUT2D eigenvalue weighted by molar-refractivity contribution is -0.154. The molecular formula is C8H7F3INO. The van der Waals surface area contributed by atoms with Gasteiger partial charge in [-0.3, -0.25) is 0 Å². The largest absolute Gasteiger partial charge is 0.468 e. The van der Waals surface area contributed by atoms with Crippen LogP contribution < -0.4 is 4.74 Å². The first-order valence-electron chi connectivity index (χ1n) is 3.70. The fourth-order valence-corrected chi connectivity index (χ4v) is 1.04. The Labute approximate surface area is 92.6 Å². The maximum absolute atomic E-state index is 11.8. The van der Waals surface area contributed by atoms with E-state index in [-0.39, 0.29) is 5.88 Å². The van der Waals surface area contributed by atoms with Crippen molar-refractivity contribution >= 4 is 22.6 Å². The summed E-state index contributed by atoms with van der Waals surface area (Å²) in [5, 5.41) is 0. The van der Waals surface area contributed by atoms with Gasteiger partial charge in [0, 0.05) is 15.8 Å². The van der Waals surface area contributed by atoms with E-state index >= 15 is 0 Å². The minimum Gasteiger partial charge on any atom is -0.468 e. The van der Waals surface area contributed by atoms with Gasteiger partial charge in [-0.15, -0.1) is 0 Å². The van der Waals surface area contributed by atoms with Crippen LogP contribution in [0.1, 0.15) is 5.56 Å². The van der Waals surface area contributed by atoms with Gasteiger partial charge in [-0.05, 0) is 35.1 Å². The first-order chi connectivity index (χ1) is 6.38. The normalized spacial score (nSPS) is 11.5. The Balaban J connectivity index is 2.65. The third-order valence-corrected chi connectivity index (χ3v) is 2.53. The summed E-state index contributed by atoms with van der Waals surface area (Å²) < 4.78 is 40.7. The quantitative estimate of drug-likeness (QED) is 0.783. The number of hydrogen-bond acceptors (Lipinski definition) is 2. The molecule has 1 heterocycles. The third kappa shape index (κ3) is 3.69. The van der Waals surface area contributed by atoms with Gasteiger partial charge in [0.2, 0.25) is 5.88 Å². The number of aryl methyl sites for hydroxylation is 1. The zero-order valence-electron chi connectivity index (χ0n) is 7.23. The number of rotatable bonds is 2. The Bertz CT molecular complexity index is 327. The van der Waals surface area contributed by atoms with Crippen LogP contribution in [-0.2, 0) is 0 Å². The number of halogens is 4. The van der Waals surface area contributed by atoms with Crippen molar-refractivity contribution in [3.63, 3.8) is 0 Å². The zero-order valence-corrected chi connectivity index (χ0v) is 9.39. The molecule has 0 bridgehead atoms. The molecule has 6 heteroatoms. The van der Waals surface area contributed by atoms with E-state index in [9.17, 15) is 13.2 Å². The molecule has 0 amide bonds. The van der Waals surface area contributed by atoms with Crippen molar-refractivity contribution in [2.45, 2.75) is 13.1 Å². The van der Waals surface area contributed by atoms with Crippen molar-refractivity contribution in [2.24, 2.45) is 0 Å². The Kier molecular flexibility index (Phi) is 3.57. The molecule has 1 aromatic heterocycles. The van der Waals surface area contributed by atoms with Gasteiger partial charge < -0.3 is 4.74 Å². The fourth-order valence-electron chi connectivity index (χ4n) is 0.748. The van der Waals surface area contributed by atoms with Crippen molar-refractivity contribution in [2.75, 3.05) is 6.61 Å². The van der Waals surface area contributed by atoms with Gasteiger partial charge >= 0.3 is 6.18 Å². The number of aromatic nitrogens is 1. The molecular weight excluding hydrogens is 310 g/mol. The van der Waals surface area contributed by atoms with Crippen LogP contribution in [0, 0.1) is 10.5 Å². The van der Waals surface area contributed by atoms with Gasteiger partial charge in [-0.2, -0.15) is 13.2 Å². The first-order valence-corrected chi connectivity index (χ1v) is 4.78. The molecule has 0 spiro atoms. The molecule has 1 rings (SSSR count). The minimum atomic E-state index is -4.32. The zero-order chi connectivity index (χ0) is 10.8. The van der Waals surface area contributed by atoms with Crippen molar-refractivity contribution in [3.05, 3.63) is 21.4 Å². The lowest BCUT2D eigenvalue weighted by atomic mass is 10.3.